The molecule has 0 saturated carbocycles. The molecule has 0 aliphatic heterocycles. The summed E-state index contributed by atoms with van der Waals surface area (Å²) >= 11 is 3.94. The van der Waals surface area contributed by atoms with Crippen molar-refractivity contribution in [3.8, 4) is 10.6 Å². The van der Waals surface area contributed by atoms with Crippen molar-refractivity contribution in [3.63, 3.8) is 0 Å². The van der Waals surface area contributed by atoms with Crippen molar-refractivity contribution in [1.29, 1.82) is 0 Å². The molecule has 1 aromatic carbocycles. The largest absolute Gasteiger partial charge is 0.477 e. The molecule has 7 heteroatoms. The first kappa shape index (κ1) is 15.1. The third-order valence-electron chi connectivity index (χ3n) is 2.64. The van der Waals surface area contributed by atoms with Crippen molar-refractivity contribution >= 4 is 33.2 Å². The van der Waals surface area contributed by atoms with Crippen molar-refractivity contribution in [2.75, 3.05) is 0 Å². The summed E-state index contributed by atoms with van der Waals surface area (Å²) in [5.74, 6) is -3.04. The van der Waals surface area contributed by atoms with E-state index < -0.39 is 17.6 Å². The Morgan fingerprint density at radius 3 is 2.75 bits per heavy atom. The Morgan fingerprint density at radius 2 is 2.15 bits per heavy atom. The van der Waals surface area contributed by atoms with Gasteiger partial charge in [-0.15, -0.1) is 11.3 Å². The number of aryl methyl sites for hydroxylation is 1. The third kappa shape index (κ3) is 2.73. The van der Waals surface area contributed by atoms with Gasteiger partial charge in [-0.05, 0) is 34.5 Å². The second kappa shape index (κ2) is 5.97. The minimum Gasteiger partial charge on any atom is -0.477 e. The van der Waals surface area contributed by atoms with E-state index in [-0.39, 0.29) is 9.35 Å². The van der Waals surface area contributed by atoms with E-state index in [1.54, 1.807) is 0 Å². The summed E-state index contributed by atoms with van der Waals surface area (Å²) in [5, 5.41) is 9.50. The van der Waals surface area contributed by atoms with Crippen molar-refractivity contribution in [3.05, 3.63) is 38.8 Å². The van der Waals surface area contributed by atoms with Crippen LogP contribution in [-0.4, -0.2) is 16.1 Å². The number of aromatic carboxylic acids is 1. The van der Waals surface area contributed by atoms with Gasteiger partial charge in [0.1, 0.15) is 9.88 Å². The number of nitrogens with zero attached hydrogens (tertiary/aromatic N) is 1. The van der Waals surface area contributed by atoms with Crippen LogP contribution in [0.25, 0.3) is 10.6 Å². The molecular weight excluding hydrogens is 352 g/mol. The predicted octanol–water partition coefficient (Wildman–Crippen LogP) is 4.50. The average molecular weight is 362 g/mol. The number of rotatable bonds is 4. The number of halogens is 3. The maximum absolute atomic E-state index is 13.5. The molecule has 106 valence electrons. The maximum atomic E-state index is 13.5. The normalized spacial score (nSPS) is 10.8. The number of aromatic nitrogens is 1. The molecule has 0 spiro atoms. The highest BCUT2D eigenvalue weighted by molar-refractivity contribution is 9.10. The molecule has 1 N–H and O–H groups in total. The Balaban J connectivity index is 2.56. The highest BCUT2D eigenvalue weighted by Crippen LogP contribution is 2.35. The Bertz CT molecular complexity index is 673. The van der Waals surface area contributed by atoms with Crippen molar-refractivity contribution < 1.29 is 18.7 Å². The van der Waals surface area contributed by atoms with Gasteiger partial charge in [0.25, 0.3) is 0 Å². The van der Waals surface area contributed by atoms with Crippen molar-refractivity contribution in [1.82, 2.24) is 4.98 Å². The number of thiazole rings is 1. The van der Waals surface area contributed by atoms with Crippen LogP contribution >= 0.6 is 27.3 Å². The van der Waals surface area contributed by atoms with Gasteiger partial charge in [0.15, 0.2) is 11.6 Å². The molecule has 1 heterocycles. The standard InChI is InChI=1S/C13H10BrF2NO2S/c1-2-3-8-11(13(18)19)20-12(17-8)6-4-5-7(15)10(16)9(6)14/h4-5H,2-3H2,1H3,(H,18,19). The monoisotopic (exact) mass is 361 g/mol. The lowest BCUT2D eigenvalue weighted by Crippen LogP contribution is -1.98. The van der Waals surface area contributed by atoms with Gasteiger partial charge in [-0.2, -0.15) is 0 Å². The SMILES string of the molecule is CCCc1nc(-c2ccc(F)c(F)c2Br)sc1C(=O)O. The molecule has 0 unspecified atom stereocenters. The molecule has 0 saturated heterocycles. The van der Waals surface area contributed by atoms with Crippen LogP contribution in [0.5, 0.6) is 0 Å². The smallest absolute Gasteiger partial charge is 0.347 e. The molecule has 20 heavy (non-hydrogen) atoms. The quantitative estimate of drug-likeness (QED) is 0.815. The first-order valence-corrected chi connectivity index (χ1v) is 7.43. The minimum atomic E-state index is -1.06. The van der Waals surface area contributed by atoms with Crippen LogP contribution in [0.2, 0.25) is 0 Å². The zero-order valence-electron chi connectivity index (χ0n) is 10.4. The van der Waals surface area contributed by atoms with E-state index in [0.29, 0.717) is 22.7 Å². The average Bonchev–Trinajstić information content (AvgIpc) is 2.80. The summed E-state index contributed by atoms with van der Waals surface area (Å²) in [6, 6.07) is 2.37. The Labute approximate surface area is 126 Å². The highest BCUT2D eigenvalue weighted by Gasteiger charge is 2.20. The van der Waals surface area contributed by atoms with Gasteiger partial charge < -0.3 is 5.11 Å². The third-order valence-corrected chi connectivity index (χ3v) is 4.54. The second-order valence-corrected chi connectivity index (χ2v) is 5.86. The van der Waals surface area contributed by atoms with Crippen LogP contribution < -0.4 is 0 Å². The van der Waals surface area contributed by atoms with Crippen LogP contribution in [0.1, 0.15) is 28.7 Å². The second-order valence-electron chi connectivity index (χ2n) is 4.07. The van der Waals surface area contributed by atoms with E-state index in [0.717, 1.165) is 23.8 Å². The fourth-order valence-electron chi connectivity index (χ4n) is 1.73. The Kier molecular flexibility index (Phi) is 4.49. The minimum absolute atomic E-state index is 0.0498. The van der Waals surface area contributed by atoms with E-state index in [1.165, 1.54) is 6.07 Å². The molecule has 0 radical (unpaired) electrons. The number of benzene rings is 1. The number of carboxylic acid groups (broad SMARTS) is 1. The summed E-state index contributed by atoms with van der Waals surface area (Å²) in [6.07, 6.45) is 1.28. The molecule has 0 fully saturated rings. The van der Waals surface area contributed by atoms with Crippen LogP contribution in [-0.2, 0) is 6.42 Å². The zero-order chi connectivity index (χ0) is 14.9. The van der Waals surface area contributed by atoms with Gasteiger partial charge in [-0.3, -0.25) is 0 Å². The van der Waals surface area contributed by atoms with E-state index in [2.05, 4.69) is 20.9 Å². The van der Waals surface area contributed by atoms with E-state index in [1.807, 2.05) is 6.92 Å². The first-order valence-electron chi connectivity index (χ1n) is 5.82. The highest BCUT2D eigenvalue weighted by atomic mass is 79.9. The molecule has 2 aromatic rings. The van der Waals surface area contributed by atoms with Crippen LogP contribution in [0.4, 0.5) is 8.78 Å². The van der Waals surface area contributed by atoms with E-state index in [4.69, 9.17) is 5.11 Å². The fraction of sp³-hybridized carbons (Fsp3) is 0.231. The van der Waals surface area contributed by atoms with E-state index in [9.17, 15) is 13.6 Å². The molecule has 0 amide bonds. The lowest BCUT2D eigenvalue weighted by molar-refractivity contribution is 0.0700. The number of carbonyl (C=O) groups is 1. The lowest BCUT2D eigenvalue weighted by atomic mass is 10.2. The topological polar surface area (TPSA) is 50.2 Å². The summed E-state index contributed by atoms with van der Waals surface area (Å²) in [7, 11) is 0. The molecule has 0 aliphatic rings. The van der Waals surface area contributed by atoms with Gasteiger partial charge in [0.05, 0.1) is 10.2 Å². The summed E-state index contributed by atoms with van der Waals surface area (Å²) in [5.41, 5.74) is 0.815. The van der Waals surface area contributed by atoms with E-state index >= 15 is 0 Å². The molecule has 0 aliphatic carbocycles. The first-order chi connectivity index (χ1) is 9.45. The van der Waals surface area contributed by atoms with Gasteiger partial charge in [0, 0.05) is 5.56 Å². The van der Waals surface area contributed by atoms with Gasteiger partial charge in [-0.25, -0.2) is 18.6 Å². The molecule has 3 nitrogen and oxygen atoms in total. The van der Waals surface area contributed by atoms with Crippen molar-refractivity contribution in [2.24, 2.45) is 0 Å². The van der Waals surface area contributed by atoms with Gasteiger partial charge in [-0.1, -0.05) is 13.3 Å². The fourth-order valence-corrected chi connectivity index (χ4v) is 3.35. The van der Waals surface area contributed by atoms with Crippen LogP contribution in [0.3, 0.4) is 0 Å². The Morgan fingerprint density at radius 1 is 1.45 bits per heavy atom. The molecule has 0 atom stereocenters. The molecular formula is C13H10BrF2NO2S. The van der Waals surface area contributed by atoms with Crippen LogP contribution in [0, 0.1) is 11.6 Å². The number of hydrogen-bond acceptors (Lipinski definition) is 3. The predicted molar refractivity (Wildman–Crippen MR) is 76.1 cm³/mol. The maximum Gasteiger partial charge on any atom is 0.347 e. The molecule has 2 rings (SSSR count). The molecule has 1 aromatic heterocycles. The summed E-state index contributed by atoms with van der Waals surface area (Å²) < 4.78 is 26.6. The lowest BCUT2D eigenvalue weighted by Gasteiger charge is -2.02. The van der Waals surface area contributed by atoms with Gasteiger partial charge >= 0.3 is 5.97 Å². The van der Waals surface area contributed by atoms with Crippen molar-refractivity contribution in [2.45, 2.75) is 19.8 Å². The number of hydrogen-bond donors (Lipinski definition) is 1. The molecule has 0 bridgehead atoms. The zero-order valence-corrected chi connectivity index (χ0v) is 12.8. The van der Waals surface area contributed by atoms with Gasteiger partial charge in [0.2, 0.25) is 0 Å². The van der Waals surface area contributed by atoms with Crippen LogP contribution in [0.15, 0.2) is 16.6 Å². The summed E-state index contributed by atoms with van der Waals surface area (Å²) in [6.45, 7) is 1.91. The Hall–Kier alpha value is -1.34. The number of carboxylic acids is 1. The summed E-state index contributed by atoms with van der Waals surface area (Å²) in [4.78, 5) is 15.6.